The lowest BCUT2D eigenvalue weighted by Crippen LogP contribution is -1.99. The van der Waals surface area contributed by atoms with E-state index < -0.39 is 6.04 Å². The summed E-state index contributed by atoms with van der Waals surface area (Å²) in [6, 6.07) is 8.82. The van der Waals surface area contributed by atoms with Crippen molar-refractivity contribution in [2.45, 2.75) is 6.04 Å². The van der Waals surface area contributed by atoms with Crippen molar-refractivity contribution >= 4 is 10.9 Å². The largest absolute Gasteiger partial charge is 0.396 e. The molecule has 0 saturated carbocycles. The minimum atomic E-state index is -0.545. The van der Waals surface area contributed by atoms with E-state index in [9.17, 15) is 0 Å². The molecular weight excluding hydrogens is 204 g/mol. The maximum absolute atomic E-state index is 9.10. The first-order valence-electron chi connectivity index (χ1n) is 4.85. The number of hydrogen-bond acceptors (Lipinski definition) is 3. The van der Waals surface area contributed by atoms with Crippen molar-refractivity contribution in [3.8, 4) is 0 Å². The molecule has 0 spiro atoms. The highest BCUT2D eigenvalue weighted by Crippen LogP contribution is 2.21. The van der Waals surface area contributed by atoms with Gasteiger partial charge in [0.15, 0.2) is 0 Å². The molecule has 0 aliphatic rings. The summed E-state index contributed by atoms with van der Waals surface area (Å²) >= 11 is 0. The van der Waals surface area contributed by atoms with Crippen molar-refractivity contribution in [3.63, 3.8) is 0 Å². The zero-order valence-electron chi connectivity index (χ0n) is 8.48. The maximum atomic E-state index is 9.10. The molecule has 0 radical (unpaired) electrons. The standard InChI is InChI=1S/C11H10N4O/c12-15-14-11(7-16)9-4-3-8-2-1-5-13-10(8)6-9/h1-6,11,16H,7H2. The van der Waals surface area contributed by atoms with Gasteiger partial charge in [0.1, 0.15) is 0 Å². The summed E-state index contributed by atoms with van der Waals surface area (Å²) in [6.07, 6.45) is 1.70. The zero-order chi connectivity index (χ0) is 11.4. The molecule has 5 nitrogen and oxygen atoms in total. The highest BCUT2D eigenvalue weighted by atomic mass is 16.3. The van der Waals surface area contributed by atoms with Crippen LogP contribution in [-0.2, 0) is 0 Å². The number of benzene rings is 1. The zero-order valence-corrected chi connectivity index (χ0v) is 8.48. The van der Waals surface area contributed by atoms with E-state index >= 15 is 0 Å². The number of fused-ring (bicyclic) bond motifs is 1. The molecule has 0 aliphatic carbocycles. The Kier molecular flexibility index (Phi) is 3.00. The molecule has 0 amide bonds. The van der Waals surface area contributed by atoms with Crippen LogP contribution in [0.15, 0.2) is 41.6 Å². The van der Waals surface area contributed by atoms with Crippen LogP contribution in [0.5, 0.6) is 0 Å². The Morgan fingerprint density at radius 1 is 1.44 bits per heavy atom. The van der Waals surface area contributed by atoms with Crippen LogP contribution in [0.25, 0.3) is 21.3 Å². The summed E-state index contributed by atoms with van der Waals surface area (Å²) in [4.78, 5) is 6.91. The van der Waals surface area contributed by atoms with E-state index in [1.807, 2.05) is 30.3 Å². The molecule has 1 unspecified atom stereocenters. The minimum Gasteiger partial charge on any atom is -0.396 e. The molecule has 2 rings (SSSR count). The number of azide groups is 1. The number of aromatic nitrogens is 1. The van der Waals surface area contributed by atoms with Crippen LogP contribution < -0.4 is 0 Å². The predicted octanol–water partition coefficient (Wildman–Crippen LogP) is 2.58. The maximum Gasteiger partial charge on any atom is 0.0857 e. The van der Waals surface area contributed by atoms with Gasteiger partial charge >= 0.3 is 0 Å². The van der Waals surface area contributed by atoms with Crippen LogP contribution in [-0.4, -0.2) is 16.7 Å². The summed E-state index contributed by atoms with van der Waals surface area (Å²) in [5, 5.41) is 13.6. The van der Waals surface area contributed by atoms with Crippen molar-refractivity contribution in [1.82, 2.24) is 4.98 Å². The summed E-state index contributed by atoms with van der Waals surface area (Å²) in [7, 11) is 0. The van der Waals surface area contributed by atoms with Crippen molar-refractivity contribution < 1.29 is 5.11 Å². The highest BCUT2D eigenvalue weighted by Gasteiger charge is 2.08. The van der Waals surface area contributed by atoms with Gasteiger partial charge in [0, 0.05) is 16.5 Å². The molecule has 1 aromatic carbocycles. The van der Waals surface area contributed by atoms with Crippen LogP contribution >= 0.6 is 0 Å². The first-order valence-corrected chi connectivity index (χ1v) is 4.85. The Bertz CT molecular complexity index is 548. The quantitative estimate of drug-likeness (QED) is 0.484. The summed E-state index contributed by atoms with van der Waals surface area (Å²) in [5.41, 5.74) is 9.97. The van der Waals surface area contributed by atoms with Crippen LogP contribution in [0, 0.1) is 0 Å². The van der Waals surface area contributed by atoms with E-state index in [1.165, 1.54) is 0 Å². The van der Waals surface area contributed by atoms with Gasteiger partial charge < -0.3 is 5.11 Å². The van der Waals surface area contributed by atoms with E-state index in [-0.39, 0.29) is 6.61 Å². The van der Waals surface area contributed by atoms with Crippen molar-refractivity contribution in [3.05, 3.63) is 52.5 Å². The molecular formula is C11H10N4O. The molecule has 0 fully saturated rings. The SMILES string of the molecule is [N-]=[N+]=NC(CO)c1ccc2cccnc2c1. The van der Waals surface area contributed by atoms with E-state index in [2.05, 4.69) is 15.0 Å². The fourth-order valence-electron chi connectivity index (χ4n) is 1.56. The first kappa shape index (κ1) is 10.4. The van der Waals surface area contributed by atoms with Gasteiger partial charge in [-0.1, -0.05) is 23.3 Å². The minimum absolute atomic E-state index is 0.206. The van der Waals surface area contributed by atoms with E-state index in [0.29, 0.717) is 0 Å². The molecule has 80 valence electrons. The lowest BCUT2D eigenvalue weighted by atomic mass is 10.1. The second kappa shape index (κ2) is 4.61. The van der Waals surface area contributed by atoms with Crippen molar-refractivity contribution in [1.29, 1.82) is 0 Å². The summed E-state index contributed by atoms with van der Waals surface area (Å²) in [6.45, 7) is -0.206. The number of hydrogen-bond donors (Lipinski definition) is 1. The fourth-order valence-corrected chi connectivity index (χ4v) is 1.56. The molecule has 1 heterocycles. The smallest absolute Gasteiger partial charge is 0.0857 e. The van der Waals surface area contributed by atoms with Gasteiger partial charge in [0.25, 0.3) is 0 Å². The van der Waals surface area contributed by atoms with Gasteiger partial charge in [-0.3, -0.25) is 4.98 Å². The topological polar surface area (TPSA) is 81.9 Å². The average molecular weight is 214 g/mol. The third kappa shape index (κ3) is 1.95. The first-order chi connectivity index (χ1) is 7.85. The molecule has 1 N–H and O–H groups in total. The Balaban J connectivity index is 2.49. The number of nitrogens with zero attached hydrogens (tertiary/aromatic N) is 4. The highest BCUT2D eigenvalue weighted by molar-refractivity contribution is 5.78. The number of aliphatic hydroxyl groups excluding tert-OH is 1. The Morgan fingerprint density at radius 2 is 2.31 bits per heavy atom. The second-order valence-corrected chi connectivity index (χ2v) is 3.36. The Hall–Kier alpha value is -2.10. The van der Waals surface area contributed by atoms with E-state index in [4.69, 9.17) is 10.6 Å². The predicted molar refractivity (Wildman–Crippen MR) is 60.7 cm³/mol. The number of aliphatic hydroxyl groups is 1. The lowest BCUT2D eigenvalue weighted by molar-refractivity contribution is 0.268. The Labute approximate surface area is 92.0 Å². The molecule has 0 saturated heterocycles. The van der Waals surface area contributed by atoms with Crippen LogP contribution in [0.3, 0.4) is 0 Å². The summed E-state index contributed by atoms with van der Waals surface area (Å²) < 4.78 is 0. The van der Waals surface area contributed by atoms with Gasteiger partial charge in [0.05, 0.1) is 18.2 Å². The third-order valence-corrected chi connectivity index (χ3v) is 2.38. The Morgan fingerprint density at radius 3 is 3.06 bits per heavy atom. The molecule has 0 aliphatic heterocycles. The van der Waals surface area contributed by atoms with Crippen LogP contribution in [0.1, 0.15) is 11.6 Å². The van der Waals surface area contributed by atoms with E-state index in [0.717, 1.165) is 16.5 Å². The normalized spacial score (nSPS) is 12.1. The van der Waals surface area contributed by atoms with Gasteiger partial charge in [-0.15, -0.1) is 0 Å². The molecule has 0 bridgehead atoms. The molecule has 1 atom stereocenters. The van der Waals surface area contributed by atoms with E-state index in [1.54, 1.807) is 6.20 Å². The summed E-state index contributed by atoms with van der Waals surface area (Å²) in [5.74, 6) is 0. The van der Waals surface area contributed by atoms with Gasteiger partial charge in [0.2, 0.25) is 0 Å². The van der Waals surface area contributed by atoms with Gasteiger partial charge in [-0.25, -0.2) is 0 Å². The van der Waals surface area contributed by atoms with Crippen molar-refractivity contribution in [2.24, 2.45) is 5.11 Å². The number of rotatable bonds is 3. The monoisotopic (exact) mass is 214 g/mol. The van der Waals surface area contributed by atoms with Crippen LogP contribution in [0.4, 0.5) is 0 Å². The molecule has 16 heavy (non-hydrogen) atoms. The van der Waals surface area contributed by atoms with Gasteiger partial charge in [-0.2, -0.15) is 0 Å². The lowest BCUT2D eigenvalue weighted by Gasteiger charge is -2.08. The number of pyridine rings is 1. The average Bonchev–Trinajstić information content (AvgIpc) is 2.35. The van der Waals surface area contributed by atoms with Crippen LogP contribution in [0.2, 0.25) is 0 Å². The molecule has 5 heteroatoms. The third-order valence-electron chi connectivity index (χ3n) is 2.38. The molecule has 1 aromatic heterocycles. The van der Waals surface area contributed by atoms with Gasteiger partial charge in [-0.05, 0) is 23.2 Å². The second-order valence-electron chi connectivity index (χ2n) is 3.36. The fraction of sp³-hybridized carbons (Fsp3) is 0.182. The van der Waals surface area contributed by atoms with Crippen molar-refractivity contribution in [2.75, 3.05) is 6.61 Å². The molecule has 2 aromatic rings.